The van der Waals surface area contributed by atoms with Gasteiger partial charge in [0.25, 0.3) is 0 Å². The largest absolute Gasteiger partial charge is 0.486 e. The van der Waals surface area contributed by atoms with Gasteiger partial charge < -0.3 is 9.47 Å². The first-order chi connectivity index (χ1) is 8.52. The van der Waals surface area contributed by atoms with Crippen molar-refractivity contribution >= 4 is 23.4 Å². The van der Waals surface area contributed by atoms with Crippen LogP contribution in [0.2, 0.25) is 5.02 Å². The number of hydrogen-bond donors (Lipinski definition) is 0. The number of hydrogen-bond acceptors (Lipinski definition) is 4. The first kappa shape index (κ1) is 14.4. The van der Waals surface area contributed by atoms with E-state index in [1.165, 1.54) is 12.1 Å². The second kappa shape index (κ2) is 6.96. The molecule has 0 aliphatic heterocycles. The molecule has 0 radical (unpaired) electrons. The maximum atomic E-state index is 12.8. The van der Waals surface area contributed by atoms with Crippen LogP contribution in [-0.4, -0.2) is 25.0 Å². The van der Waals surface area contributed by atoms with Gasteiger partial charge >= 0.3 is 5.97 Å². The summed E-state index contributed by atoms with van der Waals surface area (Å²) in [7, 11) is 0. The Morgan fingerprint density at radius 1 is 1.39 bits per heavy atom. The second-order valence-electron chi connectivity index (χ2n) is 3.39. The van der Waals surface area contributed by atoms with Gasteiger partial charge in [-0.1, -0.05) is 11.6 Å². The van der Waals surface area contributed by atoms with E-state index in [4.69, 9.17) is 16.3 Å². The average molecular weight is 275 g/mol. The Balaban J connectivity index is 2.42. The lowest BCUT2D eigenvalue weighted by molar-refractivity contribution is -0.145. The molecule has 0 bridgehead atoms. The zero-order valence-corrected chi connectivity index (χ0v) is 10.5. The normalized spacial score (nSPS) is 9.94. The highest BCUT2D eigenvalue weighted by Gasteiger charge is 2.11. The molecule has 0 atom stereocenters. The van der Waals surface area contributed by atoms with Crippen molar-refractivity contribution in [2.75, 3.05) is 13.2 Å². The van der Waals surface area contributed by atoms with Crippen molar-refractivity contribution in [1.82, 2.24) is 0 Å². The van der Waals surface area contributed by atoms with E-state index in [2.05, 4.69) is 4.74 Å². The van der Waals surface area contributed by atoms with E-state index in [9.17, 15) is 14.0 Å². The zero-order valence-electron chi connectivity index (χ0n) is 9.74. The van der Waals surface area contributed by atoms with Crippen LogP contribution in [0.4, 0.5) is 4.39 Å². The third-order valence-electron chi connectivity index (χ3n) is 1.94. The van der Waals surface area contributed by atoms with E-state index in [0.29, 0.717) is 0 Å². The predicted molar refractivity (Wildman–Crippen MR) is 63.2 cm³/mol. The topological polar surface area (TPSA) is 52.6 Å². The highest BCUT2D eigenvalue weighted by Crippen LogP contribution is 2.20. The van der Waals surface area contributed by atoms with Gasteiger partial charge in [0.1, 0.15) is 24.6 Å². The van der Waals surface area contributed by atoms with Crippen LogP contribution in [0, 0.1) is 5.82 Å². The smallest absolute Gasteiger partial charge is 0.313 e. The zero-order chi connectivity index (χ0) is 13.5. The predicted octanol–water partition coefficient (Wildman–Crippen LogP) is 2.38. The molecule has 0 spiro atoms. The van der Waals surface area contributed by atoms with E-state index in [1.807, 2.05) is 0 Å². The van der Waals surface area contributed by atoms with Crippen LogP contribution in [0.15, 0.2) is 18.2 Å². The number of carbonyl (C=O) groups is 2. The van der Waals surface area contributed by atoms with Gasteiger partial charge in [-0.2, -0.15) is 0 Å². The van der Waals surface area contributed by atoms with Crippen LogP contribution in [-0.2, 0) is 14.3 Å². The van der Waals surface area contributed by atoms with Crippen LogP contribution in [0.3, 0.4) is 0 Å². The van der Waals surface area contributed by atoms with Gasteiger partial charge in [0, 0.05) is 6.07 Å². The molecule has 1 rings (SSSR count). The average Bonchev–Trinajstić information content (AvgIpc) is 2.31. The minimum atomic E-state index is -0.594. The Hall–Kier alpha value is -1.62. The molecule has 0 aliphatic rings. The van der Waals surface area contributed by atoms with Gasteiger partial charge in [-0.3, -0.25) is 9.59 Å². The number of carbonyl (C=O) groups excluding carboxylic acids is 2. The molecule has 1 aromatic rings. The summed E-state index contributed by atoms with van der Waals surface area (Å²) >= 11 is 5.54. The summed E-state index contributed by atoms with van der Waals surface area (Å²) in [6.45, 7) is 1.58. The fourth-order valence-corrected chi connectivity index (χ4v) is 1.33. The fraction of sp³-hybridized carbons (Fsp3) is 0.333. The molecule has 0 aliphatic carbocycles. The number of esters is 1. The lowest BCUT2D eigenvalue weighted by Crippen LogP contribution is -2.17. The molecule has 4 nitrogen and oxygen atoms in total. The highest BCUT2D eigenvalue weighted by atomic mass is 35.5. The first-order valence-corrected chi connectivity index (χ1v) is 5.66. The number of halogens is 2. The Bertz CT molecular complexity index is 448. The standard InChI is InChI=1S/C12H12ClFO4/c1-2-17-12(16)5-8(15)7-18-9-3-4-11(14)10(13)6-9/h3-4,6H,2,5,7H2,1H3. The lowest BCUT2D eigenvalue weighted by atomic mass is 10.3. The maximum absolute atomic E-state index is 12.8. The summed E-state index contributed by atoms with van der Waals surface area (Å²) in [4.78, 5) is 22.3. The maximum Gasteiger partial charge on any atom is 0.313 e. The summed E-state index contributed by atoms with van der Waals surface area (Å²) in [6, 6.07) is 3.74. The van der Waals surface area contributed by atoms with Crippen molar-refractivity contribution in [1.29, 1.82) is 0 Å². The highest BCUT2D eigenvalue weighted by molar-refractivity contribution is 6.30. The molecule has 0 amide bonds. The molecule has 0 saturated heterocycles. The van der Waals surface area contributed by atoms with Crippen LogP contribution in [0.1, 0.15) is 13.3 Å². The van der Waals surface area contributed by atoms with Gasteiger partial charge in [-0.25, -0.2) is 4.39 Å². The van der Waals surface area contributed by atoms with Crippen LogP contribution < -0.4 is 4.74 Å². The molecule has 6 heteroatoms. The number of benzene rings is 1. The quantitative estimate of drug-likeness (QED) is 0.590. The van der Waals surface area contributed by atoms with Crippen molar-refractivity contribution in [3.05, 3.63) is 29.0 Å². The minimum Gasteiger partial charge on any atom is -0.486 e. The third kappa shape index (κ3) is 4.71. The van der Waals surface area contributed by atoms with Gasteiger partial charge in [-0.05, 0) is 19.1 Å². The Kier molecular flexibility index (Phi) is 5.58. The Morgan fingerprint density at radius 3 is 2.72 bits per heavy atom. The van der Waals surface area contributed by atoms with Gasteiger partial charge in [0.2, 0.25) is 0 Å². The van der Waals surface area contributed by atoms with E-state index in [1.54, 1.807) is 6.92 Å². The minimum absolute atomic E-state index is 0.0923. The second-order valence-corrected chi connectivity index (χ2v) is 3.79. The molecule has 98 valence electrons. The first-order valence-electron chi connectivity index (χ1n) is 5.28. The molecular formula is C12H12ClFO4. The summed E-state index contributed by atoms with van der Waals surface area (Å²) in [5.74, 6) is -1.32. The number of rotatable bonds is 6. The summed E-state index contributed by atoms with van der Waals surface area (Å²) in [5, 5.41) is -0.0923. The van der Waals surface area contributed by atoms with Crippen LogP contribution >= 0.6 is 11.6 Å². The lowest BCUT2D eigenvalue weighted by Gasteiger charge is -2.06. The molecular weight excluding hydrogens is 263 g/mol. The summed E-state index contributed by atoms with van der Waals surface area (Å²) in [5.41, 5.74) is 0. The van der Waals surface area contributed by atoms with Crippen molar-refractivity contribution < 1.29 is 23.5 Å². The van der Waals surface area contributed by atoms with Gasteiger partial charge in [0.15, 0.2) is 5.78 Å². The van der Waals surface area contributed by atoms with E-state index in [-0.39, 0.29) is 30.4 Å². The van der Waals surface area contributed by atoms with Crippen molar-refractivity contribution in [2.24, 2.45) is 0 Å². The summed E-state index contributed by atoms with van der Waals surface area (Å²) < 4.78 is 22.5. The van der Waals surface area contributed by atoms with E-state index < -0.39 is 17.6 Å². The number of ketones is 1. The summed E-state index contributed by atoms with van der Waals surface area (Å²) in [6.07, 6.45) is -0.344. The fourth-order valence-electron chi connectivity index (χ4n) is 1.15. The molecule has 0 N–H and O–H groups in total. The molecule has 18 heavy (non-hydrogen) atoms. The van der Waals surface area contributed by atoms with Crippen LogP contribution in [0.5, 0.6) is 5.75 Å². The van der Waals surface area contributed by atoms with Gasteiger partial charge in [-0.15, -0.1) is 0 Å². The molecule has 0 saturated carbocycles. The van der Waals surface area contributed by atoms with E-state index in [0.717, 1.165) is 6.07 Å². The van der Waals surface area contributed by atoms with Crippen molar-refractivity contribution in [2.45, 2.75) is 13.3 Å². The molecule has 1 aromatic carbocycles. The third-order valence-corrected chi connectivity index (χ3v) is 2.23. The Labute approximate surface area is 109 Å². The molecule has 0 heterocycles. The SMILES string of the molecule is CCOC(=O)CC(=O)COc1ccc(F)c(Cl)c1. The molecule has 0 unspecified atom stereocenters. The van der Waals surface area contributed by atoms with Crippen LogP contribution in [0.25, 0.3) is 0 Å². The monoisotopic (exact) mass is 274 g/mol. The number of Topliss-reactive ketones (excluding diaryl/α,β-unsaturated/α-hetero) is 1. The number of ether oxygens (including phenoxy) is 2. The van der Waals surface area contributed by atoms with Gasteiger partial charge in [0.05, 0.1) is 11.6 Å². The van der Waals surface area contributed by atoms with Crippen molar-refractivity contribution in [3.63, 3.8) is 0 Å². The molecule has 0 aromatic heterocycles. The van der Waals surface area contributed by atoms with Crippen molar-refractivity contribution in [3.8, 4) is 5.75 Å². The van der Waals surface area contributed by atoms with E-state index >= 15 is 0 Å². The molecule has 0 fully saturated rings. The Morgan fingerprint density at radius 2 is 2.11 bits per heavy atom.